The van der Waals surface area contributed by atoms with E-state index >= 15 is 0 Å². The zero-order chi connectivity index (χ0) is 13.0. The molecule has 1 aromatic heterocycles. The Hall–Kier alpha value is -1.73. The summed E-state index contributed by atoms with van der Waals surface area (Å²) in [5.41, 5.74) is 0.0363. The summed E-state index contributed by atoms with van der Waals surface area (Å²) in [5.74, 6) is 0.501. The Kier molecular flexibility index (Phi) is 4.06. The molecule has 0 amide bonds. The molecule has 1 aliphatic rings. The minimum Gasteiger partial charge on any atom is -0.374 e. The maximum atomic E-state index is 10.6. The zero-order valence-electron chi connectivity index (χ0n) is 10.2. The average Bonchev–Trinajstić information content (AvgIpc) is 2.37. The van der Waals surface area contributed by atoms with Crippen LogP contribution in [0.15, 0.2) is 18.3 Å². The van der Waals surface area contributed by atoms with Crippen molar-refractivity contribution in [1.29, 1.82) is 0 Å². The lowest BCUT2D eigenvalue weighted by atomic mass is 10.3. The topological polar surface area (TPSA) is 80.5 Å². The molecule has 0 aliphatic carbocycles. The number of hydrogen-bond acceptors (Lipinski definition) is 6. The fourth-order valence-corrected chi connectivity index (χ4v) is 1.84. The number of rotatable bonds is 4. The number of hydrogen-bond donors (Lipinski definition) is 1. The Morgan fingerprint density at radius 2 is 2.56 bits per heavy atom. The molecule has 2 heterocycles. The summed E-state index contributed by atoms with van der Waals surface area (Å²) in [6.07, 6.45) is 1.51. The average molecular weight is 252 g/mol. The van der Waals surface area contributed by atoms with Gasteiger partial charge >= 0.3 is 0 Å². The highest BCUT2D eigenvalue weighted by atomic mass is 16.6. The third-order valence-corrected chi connectivity index (χ3v) is 2.81. The number of nitrogens with one attached hydrogen (secondary N) is 1. The van der Waals surface area contributed by atoms with E-state index in [9.17, 15) is 10.1 Å². The summed E-state index contributed by atoms with van der Waals surface area (Å²) in [6, 6.07) is 2.79. The lowest BCUT2D eigenvalue weighted by Crippen LogP contribution is -2.43. The first kappa shape index (κ1) is 12.7. The number of nitrogens with zero attached hydrogens (tertiary/aromatic N) is 3. The highest BCUT2D eigenvalue weighted by molar-refractivity contribution is 5.44. The van der Waals surface area contributed by atoms with Gasteiger partial charge in [0, 0.05) is 31.9 Å². The van der Waals surface area contributed by atoms with E-state index in [-0.39, 0.29) is 11.8 Å². The molecule has 2 rings (SSSR count). The van der Waals surface area contributed by atoms with Crippen LogP contribution in [0.1, 0.15) is 0 Å². The van der Waals surface area contributed by atoms with Crippen molar-refractivity contribution in [3.63, 3.8) is 0 Å². The Morgan fingerprint density at radius 3 is 3.28 bits per heavy atom. The van der Waals surface area contributed by atoms with Crippen LogP contribution in [0.3, 0.4) is 0 Å². The highest BCUT2D eigenvalue weighted by Crippen LogP contribution is 2.14. The Balaban J connectivity index is 1.89. The second-order valence-corrected chi connectivity index (χ2v) is 4.29. The van der Waals surface area contributed by atoms with Crippen LogP contribution in [0, 0.1) is 10.1 Å². The van der Waals surface area contributed by atoms with Gasteiger partial charge in [-0.05, 0) is 7.05 Å². The SMILES string of the molecule is CN1CCOC(CNc2cc([N+](=O)[O-])ccn2)C1. The third kappa shape index (κ3) is 3.38. The normalized spacial score (nSPS) is 20.6. The van der Waals surface area contributed by atoms with Gasteiger partial charge in [-0.1, -0.05) is 0 Å². The van der Waals surface area contributed by atoms with Gasteiger partial charge in [-0.15, -0.1) is 0 Å². The maximum absolute atomic E-state index is 10.6. The molecule has 1 atom stereocenters. The standard InChI is InChI=1S/C11H16N4O3/c1-14-4-5-18-10(8-14)7-13-11-6-9(15(16)17)2-3-12-11/h2-3,6,10H,4-5,7-8H2,1H3,(H,12,13). The third-order valence-electron chi connectivity index (χ3n) is 2.81. The Morgan fingerprint density at radius 1 is 1.72 bits per heavy atom. The number of nitro groups is 1. The summed E-state index contributed by atoms with van der Waals surface area (Å²) >= 11 is 0. The van der Waals surface area contributed by atoms with Crippen LogP contribution in [0.2, 0.25) is 0 Å². The molecule has 1 aliphatic heterocycles. The van der Waals surface area contributed by atoms with Crippen molar-refractivity contribution in [2.24, 2.45) is 0 Å². The van der Waals surface area contributed by atoms with Crippen LogP contribution in [0.4, 0.5) is 11.5 Å². The first-order chi connectivity index (χ1) is 8.65. The van der Waals surface area contributed by atoms with Gasteiger partial charge in [0.05, 0.1) is 23.7 Å². The fourth-order valence-electron chi connectivity index (χ4n) is 1.84. The van der Waals surface area contributed by atoms with Crippen molar-refractivity contribution in [2.75, 3.05) is 38.6 Å². The molecule has 0 saturated carbocycles. The minimum atomic E-state index is -0.433. The summed E-state index contributed by atoms with van der Waals surface area (Å²) in [6.45, 7) is 3.09. The first-order valence-corrected chi connectivity index (χ1v) is 5.79. The molecule has 7 nitrogen and oxygen atoms in total. The van der Waals surface area contributed by atoms with Crippen molar-refractivity contribution in [3.05, 3.63) is 28.4 Å². The van der Waals surface area contributed by atoms with Gasteiger partial charge < -0.3 is 15.0 Å². The largest absolute Gasteiger partial charge is 0.374 e. The van der Waals surface area contributed by atoms with Gasteiger partial charge in [0.1, 0.15) is 5.82 Å². The van der Waals surface area contributed by atoms with Crippen LogP contribution < -0.4 is 5.32 Å². The predicted octanol–water partition coefficient (Wildman–Crippen LogP) is 0.732. The molecule has 1 aromatic rings. The van der Waals surface area contributed by atoms with E-state index in [2.05, 4.69) is 15.2 Å². The molecule has 0 spiro atoms. The highest BCUT2D eigenvalue weighted by Gasteiger charge is 2.17. The smallest absolute Gasteiger partial charge is 0.274 e. The number of anilines is 1. The summed E-state index contributed by atoms with van der Waals surface area (Å²) in [5, 5.41) is 13.7. The molecule has 98 valence electrons. The zero-order valence-corrected chi connectivity index (χ0v) is 10.2. The minimum absolute atomic E-state index is 0.0363. The van der Waals surface area contributed by atoms with Gasteiger partial charge in [0.15, 0.2) is 0 Å². The fraction of sp³-hybridized carbons (Fsp3) is 0.545. The molecule has 1 saturated heterocycles. The van der Waals surface area contributed by atoms with Crippen LogP contribution in [0.5, 0.6) is 0 Å². The van der Waals surface area contributed by atoms with Gasteiger partial charge in [-0.25, -0.2) is 4.98 Å². The lowest BCUT2D eigenvalue weighted by Gasteiger charge is -2.30. The van der Waals surface area contributed by atoms with Crippen molar-refractivity contribution in [1.82, 2.24) is 9.88 Å². The number of morpholine rings is 1. The summed E-state index contributed by atoms with van der Waals surface area (Å²) < 4.78 is 5.58. The number of aromatic nitrogens is 1. The molecular weight excluding hydrogens is 236 g/mol. The summed E-state index contributed by atoms with van der Waals surface area (Å²) in [7, 11) is 2.04. The second kappa shape index (κ2) is 5.74. The maximum Gasteiger partial charge on any atom is 0.274 e. The lowest BCUT2D eigenvalue weighted by molar-refractivity contribution is -0.384. The Bertz CT molecular complexity index is 427. The van der Waals surface area contributed by atoms with Crippen LogP contribution in [-0.4, -0.2) is 54.2 Å². The Labute approximate surface area is 105 Å². The van der Waals surface area contributed by atoms with Crippen LogP contribution in [0.25, 0.3) is 0 Å². The van der Waals surface area contributed by atoms with E-state index in [0.717, 1.165) is 13.1 Å². The second-order valence-electron chi connectivity index (χ2n) is 4.29. The van der Waals surface area contributed by atoms with E-state index in [1.165, 1.54) is 18.3 Å². The van der Waals surface area contributed by atoms with Crippen molar-refractivity contribution < 1.29 is 9.66 Å². The molecule has 0 radical (unpaired) electrons. The monoisotopic (exact) mass is 252 g/mol. The molecule has 0 aromatic carbocycles. The quantitative estimate of drug-likeness (QED) is 0.628. The van der Waals surface area contributed by atoms with Crippen LogP contribution in [-0.2, 0) is 4.74 Å². The van der Waals surface area contributed by atoms with Crippen LogP contribution >= 0.6 is 0 Å². The molecule has 1 fully saturated rings. The van der Waals surface area contributed by atoms with E-state index in [1.54, 1.807) is 0 Å². The van der Waals surface area contributed by atoms with Gasteiger partial charge in [0.2, 0.25) is 0 Å². The number of ether oxygens (including phenoxy) is 1. The predicted molar refractivity (Wildman–Crippen MR) is 66.6 cm³/mol. The van der Waals surface area contributed by atoms with Gasteiger partial charge in [-0.2, -0.15) is 0 Å². The van der Waals surface area contributed by atoms with Crippen molar-refractivity contribution in [2.45, 2.75) is 6.10 Å². The first-order valence-electron chi connectivity index (χ1n) is 5.79. The van der Waals surface area contributed by atoms with Crippen molar-refractivity contribution >= 4 is 11.5 Å². The molecule has 7 heteroatoms. The van der Waals surface area contributed by atoms with Crippen molar-refractivity contribution in [3.8, 4) is 0 Å². The number of pyridine rings is 1. The molecule has 1 unspecified atom stereocenters. The molecular formula is C11H16N4O3. The van der Waals surface area contributed by atoms with E-state index in [0.29, 0.717) is 19.0 Å². The molecule has 1 N–H and O–H groups in total. The van der Waals surface area contributed by atoms with Gasteiger partial charge in [0.25, 0.3) is 5.69 Å². The molecule has 18 heavy (non-hydrogen) atoms. The number of likely N-dealkylation sites (N-methyl/N-ethyl adjacent to an activating group) is 1. The van der Waals surface area contributed by atoms with E-state index in [4.69, 9.17) is 4.74 Å². The summed E-state index contributed by atoms with van der Waals surface area (Å²) in [4.78, 5) is 16.4. The van der Waals surface area contributed by atoms with E-state index in [1.807, 2.05) is 7.05 Å². The van der Waals surface area contributed by atoms with E-state index < -0.39 is 4.92 Å². The molecule has 0 bridgehead atoms. The van der Waals surface area contributed by atoms with Gasteiger partial charge in [-0.3, -0.25) is 10.1 Å².